The molecule has 2 N–H and O–H groups in total. The van der Waals surface area contributed by atoms with Crippen molar-refractivity contribution in [1.82, 2.24) is 15.0 Å². The molecule has 21 heavy (non-hydrogen) atoms. The monoisotopic (exact) mass is 281 g/mol. The van der Waals surface area contributed by atoms with E-state index < -0.39 is 0 Å². The topological polar surface area (TPSA) is 71.0 Å². The summed E-state index contributed by atoms with van der Waals surface area (Å²) >= 11 is 0. The van der Waals surface area contributed by atoms with Gasteiger partial charge in [0.15, 0.2) is 11.5 Å². The third kappa shape index (κ3) is 2.45. The van der Waals surface area contributed by atoms with Gasteiger partial charge in [0.05, 0.1) is 18.5 Å². The Morgan fingerprint density at radius 1 is 1.19 bits per heavy atom. The van der Waals surface area contributed by atoms with Crippen molar-refractivity contribution in [1.29, 1.82) is 0 Å². The maximum absolute atomic E-state index is 9.87. The molecule has 0 saturated heterocycles. The highest BCUT2D eigenvalue weighted by Gasteiger charge is 2.12. The van der Waals surface area contributed by atoms with Crippen molar-refractivity contribution in [2.24, 2.45) is 0 Å². The van der Waals surface area contributed by atoms with Gasteiger partial charge < -0.3 is 14.8 Å². The van der Waals surface area contributed by atoms with Crippen LogP contribution < -0.4 is 4.74 Å². The van der Waals surface area contributed by atoms with Gasteiger partial charge >= 0.3 is 0 Å². The van der Waals surface area contributed by atoms with Crippen LogP contribution in [0.25, 0.3) is 22.6 Å². The third-order valence-corrected chi connectivity index (χ3v) is 3.29. The van der Waals surface area contributed by atoms with Gasteiger partial charge in [0.2, 0.25) is 0 Å². The highest BCUT2D eigenvalue weighted by atomic mass is 16.5. The van der Waals surface area contributed by atoms with Crippen molar-refractivity contribution in [2.75, 3.05) is 7.11 Å². The lowest BCUT2D eigenvalue weighted by Gasteiger charge is -2.04. The zero-order chi connectivity index (χ0) is 14.8. The molecule has 3 aromatic rings. The Hall–Kier alpha value is -2.82. The third-order valence-electron chi connectivity index (χ3n) is 3.29. The number of nitrogens with zero attached hydrogens (tertiary/aromatic N) is 2. The molecule has 0 atom stereocenters. The number of aromatic nitrogens is 3. The number of hydrogen-bond donors (Lipinski definition) is 2. The van der Waals surface area contributed by atoms with E-state index in [0.29, 0.717) is 11.6 Å². The van der Waals surface area contributed by atoms with Crippen LogP contribution in [0.4, 0.5) is 0 Å². The fourth-order valence-corrected chi connectivity index (χ4v) is 2.23. The minimum absolute atomic E-state index is 0.0898. The van der Waals surface area contributed by atoms with Gasteiger partial charge in [-0.2, -0.15) is 0 Å². The lowest BCUT2D eigenvalue weighted by atomic mass is 10.2. The van der Waals surface area contributed by atoms with Crippen molar-refractivity contribution < 1.29 is 9.84 Å². The van der Waals surface area contributed by atoms with Gasteiger partial charge in [0.1, 0.15) is 5.82 Å². The zero-order valence-electron chi connectivity index (χ0n) is 11.8. The summed E-state index contributed by atoms with van der Waals surface area (Å²) in [5.74, 6) is 1.23. The summed E-state index contributed by atoms with van der Waals surface area (Å²) in [5.41, 5.74) is 3.58. The van der Waals surface area contributed by atoms with E-state index in [9.17, 15) is 5.11 Å². The lowest BCUT2D eigenvalue weighted by molar-refractivity contribution is 0.373. The van der Waals surface area contributed by atoms with E-state index >= 15 is 0 Å². The Labute approximate surface area is 122 Å². The molecule has 0 aliphatic heterocycles. The van der Waals surface area contributed by atoms with E-state index in [-0.39, 0.29) is 5.75 Å². The summed E-state index contributed by atoms with van der Waals surface area (Å²) in [5, 5.41) is 9.87. The van der Waals surface area contributed by atoms with E-state index in [0.717, 1.165) is 22.5 Å². The van der Waals surface area contributed by atoms with Crippen LogP contribution in [0, 0.1) is 6.92 Å². The number of phenolic OH excluding ortho intramolecular Hbond substituents is 1. The van der Waals surface area contributed by atoms with E-state index in [4.69, 9.17) is 4.74 Å². The van der Waals surface area contributed by atoms with Crippen molar-refractivity contribution >= 4 is 0 Å². The number of aromatic amines is 1. The largest absolute Gasteiger partial charge is 0.504 e. The second kappa shape index (κ2) is 5.28. The number of benzene rings is 1. The molecule has 3 rings (SSSR count). The predicted octanol–water partition coefficient (Wildman–Crippen LogP) is 3.16. The number of hydrogen-bond acceptors (Lipinski definition) is 4. The lowest BCUT2D eigenvalue weighted by Crippen LogP contribution is -1.86. The number of imidazole rings is 1. The summed E-state index contributed by atoms with van der Waals surface area (Å²) in [6, 6.07) is 9.05. The number of aromatic hydroxyl groups is 1. The van der Waals surface area contributed by atoms with Crippen LogP contribution in [-0.4, -0.2) is 27.2 Å². The van der Waals surface area contributed by atoms with Crippen LogP contribution in [0.5, 0.6) is 11.5 Å². The molecule has 0 amide bonds. The molecule has 2 aromatic heterocycles. The van der Waals surface area contributed by atoms with Crippen molar-refractivity contribution in [2.45, 2.75) is 6.92 Å². The van der Waals surface area contributed by atoms with E-state index in [1.165, 1.54) is 7.11 Å². The Morgan fingerprint density at radius 2 is 2.05 bits per heavy atom. The van der Waals surface area contributed by atoms with Crippen molar-refractivity contribution in [3.05, 3.63) is 48.4 Å². The minimum Gasteiger partial charge on any atom is -0.504 e. The fraction of sp³-hybridized carbons (Fsp3) is 0.125. The molecule has 0 spiro atoms. The number of methoxy groups -OCH3 is 1. The maximum Gasteiger partial charge on any atom is 0.160 e. The summed E-state index contributed by atoms with van der Waals surface area (Å²) in [6.07, 6.45) is 3.52. The molecular formula is C16H15N3O2. The molecule has 0 aliphatic rings. The highest BCUT2D eigenvalue weighted by molar-refractivity contribution is 5.68. The number of pyridine rings is 1. The van der Waals surface area contributed by atoms with Crippen LogP contribution >= 0.6 is 0 Å². The normalized spacial score (nSPS) is 10.6. The number of aryl methyl sites for hydroxylation is 1. The molecule has 1 aromatic carbocycles. The molecule has 0 unspecified atom stereocenters. The number of ether oxygens (including phenoxy) is 1. The van der Waals surface area contributed by atoms with Crippen molar-refractivity contribution in [3.8, 4) is 34.1 Å². The molecule has 106 valence electrons. The van der Waals surface area contributed by atoms with Gasteiger partial charge in [-0.1, -0.05) is 0 Å². The molecule has 0 aliphatic carbocycles. The smallest absolute Gasteiger partial charge is 0.160 e. The summed E-state index contributed by atoms with van der Waals surface area (Å²) in [6.45, 7) is 1.94. The Morgan fingerprint density at radius 3 is 2.71 bits per heavy atom. The average Bonchev–Trinajstić information content (AvgIpc) is 2.90. The van der Waals surface area contributed by atoms with Crippen LogP contribution in [0.15, 0.2) is 42.7 Å². The number of rotatable bonds is 3. The van der Waals surface area contributed by atoms with E-state index in [2.05, 4.69) is 15.0 Å². The standard InChI is InChI=1S/C16H15N3O2/c1-10-15(12-4-3-7-17-9-12)19-16(18-10)11-5-6-14(21-2)13(20)8-11/h3-9,20H,1-2H3,(H,18,19). The molecular weight excluding hydrogens is 266 g/mol. The van der Waals surface area contributed by atoms with Gasteiger partial charge in [-0.15, -0.1) is 0 Å². The minimum atomic E-state index is 0.0898. The first-order valence-electron chi connectivity index (χ1n) is 6.53. The van der Waals surface area contributed by atoms with Gasteiger partial charge in [0, 0.05) is 23.5 Å². The predicted molar refractivity (Wildman–Crippen MR) is 80.2 cm³/mol. The van der Waals surface area contributed by atoms with Crippen molar-refractivity contribution in [3.63, 3.8) is 0 Å². The second-order valence-electron chi connectivity index (χ2n) is 4.67. The Bertz CT molecular complexity index is 766. The molecule has 0 bridgehead atoms. The SMILES string of the molecule is COc1ccc(-c2nc(C)c(-c3cccnc3)[nH]2)cc1O. The number of H-pyrrole nitrogens is 1. The van der Waals surface area contributed by atoms with Crippen LogP contribution in [0.2, 0.25) is 0 Å². The second-order valence-corrected chi connectivity index (χ2v) is 4.67. The first kappa shape index (κ1) is 13.2. The molecule has 5 heteroatoms. The van der Waals surface area contributed by atoms with E-state index in [1.807, 2.05) is 25.1 Å². The number of nitrogens with one attached hydrogen (secondary N) is 1. The van der Waals surface area contributed by atoms with Gasteiger partial charge in [-0.05, 0) is 37.3 Å². The summed E-state index contributed by atoms with van der Waals surface area (Å²) in [4.78, 5) is 11.9. The summed E-state index contributed by atoms with van der Waals surface area (Å²) < 4.78 is 5.05. The summed E-state index contributed by atoms with van der Waals surface area (Å²) in [7, 11) is 1.52. The zero-order valence-corrected chi connectivity index (χ0v) is 11.8. The van der Waals surface area contributed by atoms with Gasteiger partial charge in [-0.25, -0.2) is 4.98 Å². The van der Waals surface area contributed by atoms with Crippen LogP contribution in [0.3, 0.4) is 0 Å². The molecule has 0 fully saturated rings. The molecule has 2 heterocycles. The highest BCUT2D eigenvalue weighted by Crippen LogP contribution is 2.31. The van der Waals surface area contributed by atoms with Crippen LogP contribution in [0.1, 0.15) is 5.69 Å². The molecule has 0 saturated carbocycles. The Balaban J connectivity index is 2.03. The first-order chi connectivity index (χ1) is 10.2. The maximum atomic E-state index is 9.87. The first-order valence-corrected chi connectivity index (χ1v) is 6.53. The van der Waals surface area contributed by atoms with E-state index in [1.54, 1.807) is 24.5 Å². The number of phenols is 1. The molecule has 5 nitrogen and oxygen atoms in total. The molecule has 0 radical (unpaired) electrons. The quantitative estimate of drug-likeness (QED) is 0.773. The van der Waals surface area contributed by atoms with Crippen LogP contribution in [-0.2, 0) is 0 Å². The van der Waals surface area contributed by atoms with Gasteiger partial charge in [0.25, 0.3) is 0 Å². The Kier molecular flexibility index (Phi) is 3.31. The average molecular weight is 281 g/mol. The van der Waals surface area contributed by atoms with Gasteiger partial charge in [-0.3, -0.25) is 4.98 Å². The fourth-order valence-electron chi connectivity index (χ4n) is 2.23.